The smallest absolute Gasteiger partial charge is 0.357 e. The van der Waals surface area contributed by atoms with Crippen LogP contribution < -0.4 is 5.32 Å². The molecule has 0 saturated heterocycles. The van der Waals surface area contributed by atoms with Crippen molar-refractivity contribution >= 4 is 39.2 Å². The van der Waals surface area contributed by atoms with Gasteiger partial charge in [-0.2, -0.15) is 0 Å². The summed E-state index contributed by atoms with van der Waals surface area (Å²) in [5.74, 6) is -0.774. The van der Waals surface area contributed by atoms with Crippen molar-refractivity contribution in [3.63, 3.8) is 0 Å². The fraction of sp³-hybridized carbons (Fsp3) is 0.136. The van der Waals surface area contributed by atoms with E-state index in [4.69, 9.17) is 4.74 Å². The third-order valence-corrected chi connectivity index (χ3v) is 5.19. The number of thiazole rings is 1. The molecule has 0 unspecified atom stereocenters. The molecule has 0 bridgehead atoms. The Morgan fingerprint density at radius 2 is 1.86 bits per heavy atom. The highest BCUT2D eigenvalue weighted by Gasteiger charge is 2.18. The Labute approximate surface area is 171 Å². The molecule has 0 fully saturated rings. The molecular weight excluding hydrogens is 386 g/mol. The maximum absolute atomic E-state index is 13.0. The zero-order chi connectivity index (χ0) is 20.2. The number of fused-ring (bicyclic) bond motifs is 1. The second-order valence-electron chi connectivity index (χ2n) is 6.37. The molecular formula is C22H19N3O3S. The zero-order valence-electron chi connectivity index (χ0n) is 15.8. The molecule has 4 aromatic rings. The van der Waals surface area contributed by atoms with Gasteiger partial charge in [0.15, 0.2) is 10.8 Å². The highest BCUT2D eigenvalue weighted by atomic mass is 32.1. The van der Waals surface area contributed by atoms with E-state index in [0.717, 1.165) is 16.5 Å². The minimum atomic E-state index is -0.498. The average molecular weight is 405 g/mol. The number of nitrogens with zero attached hydrogens (tertiary/aromatic N) is 2. The lowest BCUT2D eigenvalue weighted by Gasteiger charge is -2.10. The Morgan fingerprint density at radius 1 is 1.10 bits per heavy atom. The predicted octanol–water partition coefficient (Wildman–Crippen LogP) is 4.58. The number of nitrogens with one attached hydrogen (secondary N) is 1. The standard InChI is InChI=1S/C22H19N3O3S/c1-2-28-21(27)17-14-29-22(23-17)24-20(26)19-12-16-10-6-7-11-18(16)25(19)13-15-8-4-3-5-9-15/h3-12,14H,2,13H2,1H3,(H,23,24,26). The molecule has 0 aliphatic rings. The summed E-state index contributed by atoms with van der Waals surface area (Å²) < 4.78 is 6.93. The molecule has 2 aromatic carbocycles. The number of rotatable bonds is 6. The summed E-state index contributed by atoms with van der Waals surface area (Å²) in [4.78, 5) is 29.0. The van der Waals surface area contributed by atoms with Crippen molar-refractivity contribution in [3.8, 4) is 0 Å². The number of aromatic nitrogens is 2. The van der Waals surface area contributed by atoms with Gasteiger partial charge in [0.05, 0.1) is 6.61 Å². The second kappa shape index (κ2) is 8.28. The van der Waals surface area contributed by atoms with Gasteiger partial charge < -0.3 is 9.30 Å². The van der Waals surface area contributed by atoms with Gasteiger partial charge in [-0.3, -0.25) is 10.1 Å². The number of hydrogen-bond acceptors (Lipinski definition) is 5. The quantitative estimate of drug-likeness (QED) is 0.477. The average Bonchev–Trinajstić information content (AvgIpc) is 3.34. The van der Waals surface area contributed by atoms with Crippen LogP contribution in [0.25, 0.3) is 10.9 Å². The van der Waals surface area contributed by atoms with Crippen LogP contribution in [0.2, 0.25) is 0 Å². The van der Waals surface area contributed by atoms with Gasteiger partial charge in [-0.15, -0.1) is 11.3 Å². The van der Waals surface area contributed by atoms with Gasteiger partial charge in [-0.1, -0.05) is 48.5 Å². The van der Waals surface area contributed by atoms with E-state index in [9.17, 15) is 9.59 Å². The van der Waals surface area contributed by atoms with E-state index in [1.165, 1.54) is 11.3 Å². The summed E-state index contributed by atoms with van der Waals surface area (Å²) in [6, 6.07) is 19.7. The van der Waals surface area contributed by atoms with Gasteiger partial charge in [-0.25, -0.2) is 9.78 Å². The van der Waals surface area contributed by atoms with Crippen LogP contribution in [0.3, 0.4) is 0 Å². The third kappa shape index (κ3) is 4.05. The number of esters is 1. The van der Waals surface area contributed by atoms with Crippen molar-refractivity contribution in [1.29, 1.82) is 0 Å². The first-order chi connectivity index (χ1) is 14.2. The van der Waals surface area contributed by atoms with Gasteiger partial charge in [-0.05, 0) is 24.6 Å². The highest BCUT2D eigenvalue weighted by molar-refractivity contribution is 7.14. The van der Waals surface area contributed by atoms with E-state index in [0.29, 0.717) is 17.4 Å². The Morgan fingerprint density at radius 3 is 2.66 bits per heavy atom. The van der Waals surface area contributed by atoms with Crippen molar-refractivity contribution < 1.29 is 14.3 Å². The van der Waals surface area contributed by atoms with Crippen molar-refractivity contribution in [2.75, 3.05) is 11.9 Å². The molecule has 2 aromatic heterocycles. The molecule has 0 atom stereocenters. The molecule has 2 heterocycles. The number of amides is 1. The predicted molar refractivity (Wildman–Crippen MR) is 114 cm³/mol. The summed E-state index contributed by atoms with van der Waals surface area (Å²) in [7, 11) is 0. The maximum Gasteiger partial charge on any atom is 0.357 e. The van der Waals surface area contributed by atoms with Gasteiger partial charge in [0.1, 0.15) is 5.69 Å². The Bertz CT molecular complexity index is 1160. The normalized spacial score (nSPS) is 10.8. The minimum Gasteiger partial charge on any atom is -0.461 e. The van der Waals surface area contributed by atoms with Crippen molar-refractivity contribution in [2.45, 2.75) is 13.5 Å². The lowest BCUT2D eigenvalue weighted by atomic mass is 10.2. The van der Waals surface area contributed by atoms with Crippen molar-refractivity contribution in [3.05, 3.63) is 83.0 Å². The summed E-state index contributed by atoms with van der Waals surface area (Å²) in [6.07, 6.45) is 0. The summed E-state index contributed by atoms with van der Waals surface area (Å²) >= 11 is 1.19. The van der Waals surface area contributed by atoms with Crippen molar-refractivity contribution in [2.24, 2.45) is 0 Å². The van der Waals surface area contributed by atoms with Crippen LogP contribution in [-0.2, 0) is 11.3 Å². The van der Waals surface area contributed by atoms with E-state index in [1.807, 2.05) is 65.2 Å². The Balaban J connectivity index is 1.64. The number of ether oxygens (including phenoxy) is 1. The summed E-state index contributed by atoms with van der Waals surface area (Å²) in [5, 5.41) is 5.72. The van der Waals surface area contributed by atoms with Gasteiger partial charge >= 0.3 is 5.97 Å². The lowest BCUT2D eigenvalue weighted by Crippen LogP contribution is -2.17. The molecule has 7 heteroatoms. The van der Waals surface area contributed by atoms with Crippen LogP contribution in [0.1, 0.15) is 33.5 Å². The second-order valence-corrected chi connectivity index (χ2v) is 7.23. The summed E-state index contributed by atoms with van der Waals surface area (Å²) in [6.45, 7) is 2.58. The van der Waals surface area contributed by atoms with Crippen LogP contribution in [0.5, 0.6) is 0 Å². The number of carbonyl (C=O) groups excluding carboxylic acids is 2. The van der Waals surface area contributed by atoms with Crippen LogP contribution in [0.15, 0.2) is 66.0 Å². The Kier molecular flexibility index (Phi) is 5.39. The van der Waals surface area contributed by atoms with Gasteiger partial charge in [0.25, 0.3) is 5.91 Å². The van der Waals surface area contributed by atoms with E-state index in [2.05, 4.69) is 10.3 Å². The van der Waals surface area contributed by atoms with Crippen LogP contribution >= 0.6 is 11.3 Å². The first kappa shape index (κ1) is 18.9. The zero-order valence-corrected chi connectivity index (χ0v) is 16.6. The fourth-order valence-electron chi connectivity index (χ4n) is 3.13. The molecule has 1 amide bonds. The monoisotopic (exact) mass is 405 g/mol. The van der Waals surface area contributed by atoms with Crippen LogP contribution in [0.4, 0.5) is 5.13 Å². The SMILES string of the molecule is CCOC(=O)c1csc(NC(=O)c2cc3ccccc3n2Cc2ccccc2)n1. The fourth-order valence-corrected chi connectivity index (χ4v) is 3.80. The molecule has 29 heavy (non-hydrogen) atoms. The molecule has 0 spiro atoms. The van der Waals surface area contributed by atoms with Gasteiger partial charge in [0.2, 0.25) is 0 Å². The number of benzene rings is 2. The maximum atomic E-state index is 13.0. The Hall–Kier alpha value is -3.45. The van der Waals surface area contributed by atoms with E-state index in [1.54, 1.807) is 12.3 Å². The van der Waals surface area contributed by atoms with Crippen LogP contribution in [0, 0.1) is 0 Å². The number of hydrogen-bond donors (Lipinski definition) is 1. The molecule has 4 rings (SSSR count). The first-order valence-corrected chi connectivity index (χ1v) is 10.1. The van der Waals surface area contributed by atoms with E-state index in [-0.39, 0.29) is 18.2 Å². The lowest BCUT2D eigenvalue weighted by molar-refractivity contribution is 0.0520. The molecule has 0 aliphatic heterocycles. The topological polar surface area (TPSA) is 73.2 Å². The molecule has 1 N–H and O–H groups in total. The number of para-hydroxylation sites is 1. The molecule has 0 aliphatic carbocycles. The van der Waals surface area contributed by atoms with Crippen molar-refractivity contribution in [1.82, 2.24) is 9.55 Å². The van der Waals surface area contributed by atoms with Crippen LogP contribution in [-0.4, -0.2) is 28.0 Å². The largest absolute Gasteiger partial charge is 0.461 e. The molecule has 6 nitrogen and oxygen atoms in total. The van der Waals surface area contributed by atoms with E-state index < -0.39 is 5.97 Å². The first-order valence-electron chi connectivity index (χ1n) is 9.22. The molecule has 146 valence electrons. The highest BCUT2D eigenvalue weighted by Crippen LogP contribution is 2.23. The third-order valence-electron chi connectivity index (χ3n) is 4.44. The molecule has 0 saturated carbocycles. The summed E-state index contributed by atoms with van der Waals surface area (Å²) in [5.41, 5.74) is 2.80. The number of carbonyl (C=O) groups is 2. The van der Waals surface area contributed by atoms with E-state index >= 15 is 0 Å². The molecule has 0 radical (unpaired) electrons. The number of anilines is 1. The minimum absolute atomic E-state index is 0.192. The van der Waals surface area contributed by atoms with Gasteiger partial charge in [0, 0.05) is 22.8 Å².